The Morgan fingerprint density at radius 2 is 2.30 bits per heavy atom. The summed E-state index contributed by atoms with van der Waals surface area (Å²) >= 11 is 0. The highest BCUT2D eigenvalue weighted by molar-refractivity contribution is 6.01. The number of hydrogen-bond acceptors (Lipinski definition) is 5. The zero-order chi connectivity index (χ0) is 16.2. The minimum Gasteiger partial charge on any atom is -0.454 e. The molecular weight excluding hydrogens is 296 g/mol. The summed E-state index contributed by atoms with van der Waals surface area (Å²) in [4.78, 5) is 14.2. The molecule has 0 saturated carbocycles. The van der Waals surface area contributed by atoms with Crippen molar-refractivity contribution in [3.8, 4) is 0 Å². The first kappa shape index (κ1) is 15.0. The lowest BCUT2D eigenvalue weighted by Gasteiger charge is -2.05. The number of nitrogens with zero attached hydrogens (tertiary/aromatic N) is 4. The van der Waals surface area contributed by atoms with Crippen LogP contribution in [-0.2, 0) is 13.1 Å². The van der Waals surface area contributed by atoms with Crippen molar-refractivity contribution in [1.82, 2.24) is 24.9 Å². The fourth-order valence-electron chi connectivity index (χ4n) is 2.16. The van der Waals surface area contributed by atoms with Crippen LogP contribution in [-0.4, -0.2) is 44.9 Å². The molecule has 0 aromatic carbocycles. The first-order valence-corrected chi connectivity index (χ1v) is 7.16. The van der Waals surface area contributed by atoms with E-state index < -0.39 is 0 Å². The van der Waals surface area contributed by atoms with Crippen LogP contribution in [0.25, 0.3) is 0 Å². The molecule has 0 unspecified atom stereocenters. The van der Waals surface area contributed by atoms with E-state index in [0.717, 1.165) is 12.2 Å². The van der Waals surface area contributed by atoms with Gasteiger partial charge in [-0.3, -0.25) is 14.6 Å². The van der Waals surface area contributed by atoms with Crippen molar-refractivity contribution < 1.29 is 9.21 Å². The molecule has 3 aromatic heterocycles. The van der Waals surface area contributed by atoms with Gasteiger partial charge in [-0.15, -0.1) is 0 Å². The molecule has 1 amide bonds. The Morgan fingerprint density at radius 1 is 1.43 bits per heavy atom. The van der Waals surface area contributed by atoms with Crippen LogP contribution in [0.3, 0.4) is 0 Å². The van der Waals surface area contributed by atoms with E-state index in [2.05, 4.69) is 20.6 Å². The van der Waals surface area contributed by atoms with E-state index in [9.17, 15) is 4.79 Å². The highest BCUT2D eigenvalue weighted by Crippen LogP contribution is 2.13. The minimum atomic E-state index is -0.334. The second kappa shape index (κ2) is 6.49. The first-order chi connectivity index (χ1) is 11.1. The molecule has 0 fully saturated rings. The van der Waals surface area contributed by atoms with Gasteiger partial charge in [-0.1, -0.05) is 0 Å². The van der Waals surface area contributed by atoms with Crippen molar-refractivity contribution >= 4 is 11.7 Å². The molecule has 8 nitrogen and oxygen atoms in total. The zero-order valence-electron chi connectivity index (χ0n) is 13.0. The summed E-state index contributed by atoms with van der Waals surface area (Å²) < 4.78 is 7.27. The molecule has 3 heterocycles. The Labute approximate surface area is 133 Å². The largest absolute Gasteiger partial charge is 0.454 e. The summed E-state index contributed by atoms with van der Waals surface area (Å²) in [5.41, 5.74) is 0.920. The molecule has 0 atom stereocenters. The minimum absolute atomic E-state index is 0.240. The van der Waals surface area contributed by atoms with Crippen LogP contribution < -0.4 is 5.32 Å². The van der Waals surface area contributed by atoms with Gasteiger partial charge in [-0.25, -0.2) is 0 Å². The van der Waals surface area contributed by atoms with Crippen LogP contribution >= 0.6 is 0 Å². The number of aromatic amines is 1. The number of carbonyl (C=O) groups excluding carboxylic acids is 1. The summed E-state index contributed by atoms with van der Waals surface area (Å²) in [6, 6.07) is 7.03. The molecule has 23 heavy (non-hydrogen) atoms. The fourth-order valence-corrected chi connectivity index (χ4v) is 2.16. The van der Waals surface area contributed by atoms with Crippen LogP contribution in [0.2, 0.25) is 0 Å². The molecule has 0 aliphatic rings. The smallest absolute Gasteiger partial charge is 0.292 e. The summed E-state index contributed by atoms with van der Waals surface area (Å²) in [5.74, 6) is 1.04. The van der Waals surface area contributed by atoms with E-state index in [4.69, 9.17) is 4.42 Å². The maximum absolute atomic E-state index is 12.2. The Balaban J connectivity index is 1.62. The second-order valence-electron chi connectivity index (χ2n) is 5.44. The molecule has 0 saturated heterocycles. The number of aromatic nitrogens is 4. The number of furan rings is 1. The van der Waals surface area contributed by atoms with Gasteiger partial charge in [0.15, 0.2) is 11.6 Å². The van der Waals surface area contributed by atoms with E-state index in [1.54, 1.807) is 29.1 Å². The Morgan fingerprint density at radius 3 is 3.04 bits per heavy atom. The summed E-state index contributed by atoms with van der Waals surface area (Å²) in [7, 11) is 3.92. The van der Waals surface area contributed by atoms with Gasteiger partial charge in [0.2, 0.25) is 0 Å². The summed E-state index contributed by atoms with van der Waals surface area (Å²) in [5, 5.41) is 13.7. The Kier molecular flexibility index (Phi) is 4.24. The molecule has 0 radical (unpaired) electrons. The lowest BCUT2D eigenvalue weighted by Crippen LogP contribution is -2.11. The first-order valence-electron chi connectivity index (χ1n) is 7.16. The molecule has 0 bridgehead atoms. The highest BCUT2D eigenvalue weighted by atomic mass is 16.4. The topological polar surface area (TPSA) is 92.0 Å². The fraction of sp³-hybridized carbons (Fsp3) is 0.267. The van der Waals surface area contributed by atoms with Gasteiger partial charge in [-0.05, 0) is 32.3 Å². The highest BCUT2D eigenvalue weighted by Gasteiger charge is 2.13. The van der Waals surface area contributed by atoms with Gasteiger partial charge in [0, 0.05) is 25.0 Å². The Bertz CT molecular complexity index is 772. The third-order valence-electron chi connectivity index (χ3n) is 3.12. The third kappa shape index (κ3) is 3.86. The van der Waals surface area contributed by atoms with Crippen LogP contribution in [0.1, 0.15) is 22.0 Å². The molecule has 0 aliphatic carbocycles. The van der Waals surface area contributed by atoms with Gasteiger partial charge < -0.3 is 14.6 Å². The lowest BCUT2D eigenvalue weighted by molar-refractivity contribution is 0.0994. The number of nitrogens with one attached hydrogen (secondary N) is 2. The molecule has 0 spiro atoms. The zero-order valence-corrected chi connectivity index (χ0v) is 13.0. The molecule has 8 heteroatoms. The average Bonchev–Trinajstić information content (AvgIpc) is 3.21. The number of rotatable bonds is 6. The molecule has 120 valence electrons. The van der Waals surface area contributed by atoms with Crippen molar-refractivity contribution in [3.63, 3.8) is 0 Å². The van der Waals surface area contributed by atoms with Gasteiger partial charge in [-0.2, -0.15) is 10.2 Å². The molecule has 2 N–H and O–H groups in total. The van der Waals surface area contributed by atoms with Crippen molar-refractivity contribution in [2.24, 2.45) is 0 Å². The van der Waals surface area contributed by atoms with E-state index in [-0.39, 0.29) is 11.7 Å². The van der Waals surface area contributed by atoms with Crippen LogP contribution in [0.15, 0.2) is 41.1 Å². The number of H-pyrrole nitrogens is 1. The van der Waals surface area contributed by atoms with E-state index in [1.165, 1.54) is 0 Å². The van der Waals surface area contributed by atoms with Gasteiger partial charge in [0.05, 0.1) is 12.2 Å². The SMILES string of the molecule is CN(C)Cc1cc(NC(=O)c2ccc(Cn3cccn3)o2)n[nH]1. The lowest BCUT2D eigenvalue weighted by atomic mass is 10.4. The van der Waals surface area contributed by atoms with Crippen LogP contribution in [0.5, 0.6) is 0 Å². The van der Waals surface area contributed by atoms with Crippen LogP contribution in [0.4, 0.5) is 5.82 Å². The number of carbonyl (C=O) groups is 1. The van der Waals surface area contributed by atoms with Gasteiger partial charge in [0.1, 0.15) is 5.76 Å². The predicted octanol–water partition coefficient (Wildman–Crippen LogP) is 1.56. The maximum atomic E-state index is 12.2. The molecule has 3 aromatic rings. The molecule has 3 rings (SSSR count). The predicted molar refractivity (Wildman–Crippen MR) is 84.0 cm³/mol. The average molecular weight is 314 g/mol. The van der Waals surface area contributed by atoms with E-state index >= 15 is 0 Å². The van der Waals surface area contributed by atoms with Crippen molar-refractivity contribution in [2.75, 3.05) is 19.4 Å². The Hall–Kier alpha value is -2.87. The number of anilines is 1. The standard InChI is InChI=1S/C15H18N6O2/c1-20(2)9-11-8-14(19-18-11)17-15(22)13-5-4-12(23-13)10-21-7-3-6-16-21/h3-8H,9-10H2,1-2H3,(H2,17,18,19,22). The monoisotopic (exact) mass is 314 g/mol. The van der Waals surface area contributed by atoms with Crippen molar-refractivity contribution in [3.05, 3.63) is 53.9 Å². The summed E-state index contributed by atoms with van der Waals surface area (Å²) in [6.45, 7) is 1.20. The van der Waals surface area contributed by atoms with Gasteiger partial charge in [0.25, 0.3) is 5.91 Å². The van der Waals surface area contributed by atoms with Gasteiger partial charge >= 0.3 is 0 Å². The quantitative estimate of drug-likeness (QED) is 0.720. The second-order valence-corrected chi connectivity index (χ2v) is 5.44. The maximum Gasteiger partial charge on any atom is 0.292 e. The van der Waals surface area contributed by atoms with Crippen LogP contribution in [0, 0.1) is 0 Å². The van der Waals surface area contributed by atoms with E-state index in [0.29, 0.717) is 18.1 Å². The summed E-state index contributed by atoms with van der Waals surface area (Å²) in [6.07, 6.45) is 3.53. The number of amides is 1. The normalized spacial score (nSPS) is 11.1. The van der Waals surface area contributed by atoms with Crippen molar-refractivity contribution in [1.29, 1.82) is 0 Å². The van der Waals surface area contributed by atoms with E-state index in [1.807, 2.05) is 31.3 Å². The third-order valence-corrected chi connectivity index (χ3v) is 3.12. The number of hydrogen-bond donors (Lipinski definition) is 2. The van der Waals surface area contributed by atoms with Crippen molar-refractivity contribution in [2.45, 2.75) is 13.1 Å². The molecular formula is C15H18N6O2. The molecule has 0 aliphatic heterocycles.